The molecule has 2 aromatic rings. The quantitative estimate of drug-likeness (QED) is 0.757. The summed E-state index contributed by atoms with van der Waals surface area (Å²) in [6.07, 6.45) is 2.73. The Kier molecular flexibility index (Phi) is 4.94. The molecule has 0 bridgehead atoms. The third-order valence-electron chi connectivity index (χ3n) is 2.65. The number of furan rings is 1. The van der Waals surface area contributed by atoms with Crippen LogP contribution < -0.4 is 10.6 Å². The molecule has 7 nitrogen and oxygen atoms in total. The van der Waals surface area contributed by atoms with E-state index in [-0.39, 0.29) is 18.3 Å². The van der Waals surface area contributed by atoms with Crippen LogP contribution in [0.5, 0.6) is 0 Å². The van der Waals surface area contributed by atoms with Gasteiger partial charge in [0.25, 0.3) is 0 Å². The molecular weight excluding hydrogens is 294 g/mol. The van der Waals surface area contributed by atoms with Gasteiger partial charge in [-0.25, -0.2) is 14.6 Å². The first-order valence-corrected chi connectivity index (χ1v) is 7.17. The second-order valence-corrected chi connectivity index (χ2v) is 5.38. The lowest BCUT2D eigenvalue weighted by Crippen LogP contribution is -2.34. The summed E-state index contributed by atoms with van der Waals surface area (Å²) in [6.45, 7) is 2.53. The maximum absolute atomic E-state index is 11.6. The maximum Gasteiger partial charge on any atom is 0.371 e. The molecule has 0 saturated carbocycles. The fourth-order valence-corrected chi connectivity index (χ4v) is 2.37. The zero-order chi connectivity index (χ0) is 15.2. The van der Waals surface area contributed by atoms with Gasteiger partial charge in [0.1, 0.15) is 10.8 Å². The molecule has 0 saturated heterocycles. The van der Waals surface area contributed by atoms with Crippen molar-refractivity contribution in [1.82, 2.24) is 15.6 Å². The summed E-state index contributed by atoms with van der Waals surface area (Å²) in [5.41, 5.74) is 0. The largest absolute Gasteiger partial charge is 0.475 e. The van der Waals surface area contributed by atoms with Gasteiger partial charge in [0, 0.05) is 11.1 Å². The molecule has 2 heterocycles. The predicted molar refractivity (Wildman–Crippen MR) is 76.2 cm³/mol. The molecule has 2 amide bonds. The minimum atomic E-state index is -1.14. The van der Waals surface area contributed by atoms with Gasteiger partial charge in [-0.3, -0.25) is 0 Å². The van der Waals surface area contributed by atoms with Gasteiger partial charge in [0.05, 0.1) is 13.1 Å². The van der Waals surface area contributed by atoms with Crippen LogP contribution in [0.1, 0.15) is 33.1 Å². The number of thiazole rings is 1. The van der Waals surface area contributed by atoms with E-state index in [1.54, 1.807) is 17.5 Å². The second kappa shape index (κ2) is 6.89. The lowest BCUT2D eigenvalue weighted by atomic mass is 10.4. The van der Waals surface area contributed by atoms with E-state index >= 15 is 0 Å². The first-order chi connectivity index (χ1) is 10.1. The zero-order valence-corrected chi connectivity index (χ0v) is 12.2. The van der Waals surface area contributed by atoms with Crippen LogP contribution in [0, 0.1) is 0 Å². The fourth-order valence-electron chi connectivity index (χ4n) is 1.57. The van der Waals surface area contributed by atoms with Crippen molar-refractivity contribution >= 4 is 23.3 Å². The fraction of sp³-hybridized carbons (Fsp3) is 0.308. The molecule has 0 spiro atoms. The molecule has 0 aliphatic carbocycles. The van der Waals surface area contributed by atoms with Gasteiger partial charge in [-0.05, 0) is 18.6 Å². The first kappa shape index (κ1) is 15.0. The molecule has 2 aromatic heterocycles. The molecule has 2 rings (SSSR count). The highest BCUT2D eigenvalue weighted by molar-refractivity contribution is 7.11. The Hall–Kier alpha value is -2.35. The number of nitrogens with zero attached hydrogens (tertiary/aromatic N) is 1. The van der Waals surface area contributed by atoms with Crippen molar-refractivity contribution in [2.24, 2.45) is 0 Å². The van der Waals surface area contributed by atoms with Crippen molar-refractivity contribution in [3.8, 4) is 0 Å². The topological polar surface area (TPSA) is 104 Å². The number of carbonyl (C=O) groups is 2. The summed E-state index contributed by atoms with van der Waals surface area (Å²) in [6, 6.07) is 2.49. The van der Waals surface area contributed by atoms with Crippen LogP contribution in [0.3, 0.4) is 0 Å². The highest BCUT2D eigenvalue weighted by Gasteiger charge is 2.10. The van der Waals surface area contributed by atoms with Crippen LogP contribution in [0.4, 0.5) is 4.79 Å². The monoisotopic (exact) mass is 309 g/mol. The summed E-state index contributed by atoms with van der Waals surface area (Å²) >= 11 is 1.56. The Morgan fingerprint density at radius 3 is 2.71 bits per heavy atom. The molecule has 0 aromatic carbocycles. The summed E-state index contributed by atoms with van der Waals surface area (Å²) in [5.74, 6) is -0.909. The van der Waals surface area contributed by atoms with E-state index in [0.717, 1.165) is 11.4 Å². The maximum atomic E-state index is 11.6. The number of aryl methyl sites for hydroxylation is 1. The number of amides is 2. The number of hydrogen-bond acceptors (Lipinski definition) is 5. The van der Waals surface area contributed by atoms with Crippen LogP contribution in [0.15, 0.2) is 22.7 Å². The Labute approximate surface area is 125 Å². The average Bonchev–Trinajstić information content (AvgIpc) is 3.11. The number of carbonyl (C=O) groups excluding carboxylic acids is 1. The standard InChI is InChI=1S/C13H15N3O4S/c1-2-9-6-14-11(21-9)7-16-13(19)15-5-8-3-4-10(20-8)12(17)18/h3-4,6H,2,5,7H2,1H3,(H,17,18)(H2,15,16,19). The van der Waals surface area contributed by atoms with Gasteiger partial charge in [0.2, 0.25) is 5.76 Å². The van der Waals surface area contributed by atoms with Crippen LogP contribution in [0.2, 0.25) is 0 Å². The minimum Gasteiger partial charge on any atom is -0.475 e. The zero-order valence-electron chi connectivity index (χ0n) is 11.4. The number of hydrogen-bond donors (Lipinski definition) is 3. The minimum absolute atomic E-state index is 0.122. The molecule has 0 aliphatic rings. The third-order valence-corrected chi connectivity index (χ3v) is 3.79. The Morgan fingerprint density at radius 1 is 1.33 bits per heavy atom. The number of urea groups is 1. The highest BCUT2D eigenvalue weighted by atomic mass is 32.1. The lowest BCUT2D eigenvalue weighted by molar-refractivity contribution is 0.0660. The van der Waals surface area contributed by atoms with E-state index in [9.17, 15) is 9.59 Å². The predicted octanol–water partition coefficient (Wildman–Crippen LogP) is 2.00. The molecule has 0 radical (unpaired) electrons. The molecular formula is C13H15N3O4S. The first-order valence-electron chi connectivity index (χ1n) is 6.35. The third kappa shape index (κ3) is 4.32. The second-order valence-electron chi connectivity index (χ2n) is 4.18. The Bertz CT molecular complexity index is 635. The average molecular weight is 309 g/mol. The van der Waals surface area contributed by atoms with Crippen molar-refractivity contribution in [3.05, 3.63) is 39.7 Å². The molecule has 0 atom stereocenters. The van der Waals surface area contributed by atoms with Crippen LogP contribution >= 0.6 is 11.3 Å². The van der Waals surface area contributed by atoms with Crippen molar-refractivity contribution < 1.29 is 19.1 Å². The normalized spacial score (nSPS) is 10.3. The van der Waals surface area contributed by atoms with E-state index in [1.165, 1.54) is 17.0 Å². The summed E-state index contributed by atoms with van der Waals surface area (Å²) in [7, 11) is 0. The van der Waals surface area contributed by atoms with Gasteiger partial charge < -0.3 is 20.2 Å². The number of nitrogens with one attached hydrogen (secondary N) is 2. The van der Waals surface area contributed by atoms with E-state index in [0.29, 0.717) is 12.3 Å². The molecule has 21 heavy (non-hydrogen) atoms. The molecule has 0 fully saturated rings. The lowest BCUT2D eigenvalue weighted by Gasteiger charge is -2.04. The van der Waals surface area contributed by atoms with E-state index in [2.05, 4.69) is 15.6 Å². The molecule has 112 valence electrons. The summed E-state index contributed by atoms with van der Waals surface area (Å²) in [5, 5.41) is 14.8. The number of aromatic nitrogens is 1. The Balaban J connectivity index is 1.75. The molecule has 8 heteroatoms. The number of rotatable bonds is 6. The van der Waals surface area contributed by atoms with Crippen LogP contribution in [-0.2, 0) is 19.5 Å². The van der Waals surface area contributed by atoms with Crippen LogP contribution in [0.25, 0.3) is 0 Å². The van der Waals surface area contributed by atoms with Gasteiger partial charge in [-0.2, -0.15) is 0 Å². The van der Waals surface area contributed by atoms with Crippen molar-refractivity contribution in [3.63, 3.8) is 0 Å². The van der Waals surface area contributed by atoms with Crippen molar-refractivity contribution in [2.75, 3.05) is 0 Å². The highest BCUT2D eigenvalue weighted by Crippen LogP contribution is 2.12. The van der Waals surface area contributed by atoms with Gasteiger partial charge in [0.15, 0.2) is 0 Å². The van der Waals surface area contributed by atoms with E-state index in [1.807, 2.05) is 6.92 Å². The number of carboxylic acids is 1. The van der Waals surface area contributed by atoms with Gasteiger partial charge >= 0.3 is 12.0 Å². The summed E-state index contributed by atoms with van der Waals surface area (Å²) < 4.78 is 5.02. The van der Waals surface area contributed by atoms with Crippen molar-refractivity contribution in [1.29, 1.82) is 0 Å². The molecule has 3 N–H and O–H groups in total. The Morgan fingerprint density at radius 2 is 2.10 bits per heavy atom. The van der Waals surface area contributed by atoms with Crippen LogP contribution in [-0.4, -0.2) is 22.1 Å². The van der Waals surface area contributed by atoms with Crippen molar-refractivity contribution in [2.45, 2.75) is 26.4 Å². The number of carboxylic acid groups (broad SMARTS) is 1. The summed E-state index contributed by atoms with van der Waals surface area (Å²) in [4.78, 5) is 27.6. The van der Waals surface area contributed by atoms with E-state index in [4.69, 9.17) is 9.52 Å². The SMILES string of the molecule is CCc1cnc(CNC(=O)NCc2ccc(C(=O)O)o2)s1. The van der Waals surface area contributed by atoms with Gasteiger partial charge in [-0.1, -0.05) is 6.92 Å². The molecule has 0 aliphatic heterocycles. The van der Waals surface area contributed by atoms with E-state index < -0.39 is 5.97 Å². The van der Waals surface area contributed by atoms with Gasteiger partial charge in [-0.15, -0.1) is 11.3 Å². The molecule has 0 unspecified atom stereocenters. The smallest absolute Gasteiger partial charge is 0.371 e. The number of aromatic carboxylic acids is 1.